The van der Waals surface area contributed by atoms with Gasteiger partial charge in [-0.15, -0.1) is 0 Å². The number of ether oxygens (including phenoxy) is 2. The Morgan fingerprint density at radius 2 is 1.89 bits per heavy atom. The van der Waals surface area contributed by atoms with Crippen molar-refractivity contribution in [3.05, 3.63) is 35.4 Å². The summed E-state index contributed by atoms with van der Waals surface area (Å²) in [6, 6.07) is 7.61. The molecule has 2 rings (SSSR count). The lowest BCUT2D eigenvalue weighted by Gasteiger charge is -2.25. The van der Waals surface area contributed by atoms with Crippen molar-refractivity contribution < 1.29 is 19.4 Å². The second-order valence-corrected chi connectivity index (χ2v) is 5.27. The lowest BCUT2D eigenvalue weighted by Crippen LogP contribution is -2.41. The number of aliphatic carboxylic acids is 1. The molecule has 1 aromatic carbocycles. The molecule has 1 aliphatic rings. The second kappa shape index (κ2) is 4.07. The zero-order valence-corrected chi connectivity index (χ0v) is 11.1. The number of carbonyl (C=O) groups is 1. The summed E-state index contributed by atoms with van der Waals surface area (Å²) in [5, 5.41) is 9.42. The molecular formula is C14H18O4. The number of aryl methyl sites for hydroxylation is 1. The number of hydrogen-bond acceptors (Lipinski definition) is 3. The van der Waals surface area contributed by atoms with Crippen molar-refractivity contribution in [2.75, 3.05) is 0 Å². The van der Waals surface area contributed by atoms with Gasteiger partial charge in [-0.2, -0.15) is 0 Å². The molecule has 0 radical (unpaired) electrons. The van der Waals surface area contributed by atoms with Gasteiger partial charge >= 0.3 is 5.97 Å². The molecule has 0 bridgehead atoms. The third-order valence-corrected chi connectivity index (χ3v) is 3.26. The molecule has 4 nitrogen and oxygen atoms in total. The largest absolute Gasteiger partial charge is 0.479 e. The highest BCUT2D eigenvalue weighted by Crippen LogP contribution is 2.46. The van der Waals surface area contributed by atoms with Crippen LogP contribution in [0.5, 0.6) is 0 Å². The highest BCUT2D eigenvalue weighted by Gasteiger charge is 2.56. The third-order valence-electron chi connectivity index (χ3n) is 3.26. The van der Waals surface area contributed by atoms with Gasteiger partial charge in [0, 0.05) is 0 Å². The zero-order chi connectivity index (χ0) is 13.6. The van der Waals surface area contributed by atoms with Crippen molar-refractivity contribution in [3.63, 3.8) is 0 Å². The van der Waals surface area contributed by atoms with Gasteiger partial charge in [-0.3, -0.25) is 0 Å². The van der Waals surface area contributed by atoms with E-state index in [1.54, 1.807) is 20.8 Å². The molecule has 1 heterocycles. The van der Waals surface area contributed by atoms with Crippen molar-refractivity contribution in [1.29, 1.82) is 0 Å². The molecule has 0 aromatic heterocycles. The number of carboxylic acids is 1. The number of rotatable bonds is 2. The summed E-state index contributed by atoms with van der Waals surface area (Å²) in [6.07, 6.45) is -0.605. The highest BCUT2D eigenvalue weighted by molar-refractivity contribution is 5.78. The van der Waals surface area contributed by atoms with Crippen molar-refractivity contribution in [1.82, 2.24) is 0 Å². The fraction of sp³-hybridized carbons (Fsp3) is 0.500. The Hall–Kier alpha value is -1.39. The Bertz CT molecular complexity index is 480. The Morgan fingerprint density at radius 1 is 1.28 bits per heavy atom. The van der Waals surface area contributed by atoms with Crippen LogP contribution in [0.25, 0.3) is 0 Å². The van der Waals surface area contributed by atoms with Gasteiger partial charge in [0.15, 0.2) is 11.4 Å². The maximum Gasteiger partial charge on any atom is 0.338 e. The van der Waals surface area contributed by atoms with Gasteiger partial charge in [-0.05, 0) is 38.8 Å². The van der Waals surface area contributed by atoms with Crippen molar-refractivity contribution in [2.45, 2.75) is 45.2 Å². The highest BCUT2D eigenvalue weighted by atomic mass is 16.8. The lowest BCUT2D eigenvalue weighted by molar-refractivity contribution is -0.182. The van der Waals surface area contributed by atoms with Crippen LogP contribution in [-0.2, 0) is 14.3 Å². The first-order valence-electron chi connectivity index (χ1n) is 5.93. The first kappa shape index (κ1) is 13.1. The molecular weight excluding hydrogens is 232 g/mol. The predicted molar refractivity (Wildman–Crippen MR) is 66.2 cm³/mol. The molecule has 18 heavy (non-hydrogen) atoms. The van der Waals surface area contributed by atoms with E-state index >= 15 is 0 Å². The predicted octanol–water partition coefficient (Wildman–Crippen LogP) is 2.66. The Balaban J connectivity index is 2.49. The molecule has 1 saturated heterocycles. The number of hydrogen-bond donors (Lipinski definition) is 1. The molecule has 0 unspecified atom stereocenters. The standard InChI is InChI=1S/C14H18O4/c1-9-7-5-6-8-10(9)11-14(4,12(15)16)18-13(2,3)17-11/h5-8,11H,1-4H3,(H,15,16)/t11-,14+/m1/s1. The Kier molecular flexibility index (Phi) is 2.95. The van der Waals surface area contributed by atoms with Crippen LogP contribution in [0.15, 0.2) is 24.3 Å². The normalized spacial score (nSPS) is 30.3. The van der Waals surface area contributed by atoms with E-state index in [-0.39, 0.29) is 0 Å². The monoisotopic (exact) mass is 250 g/mol. The van der Waals surface area contributed by atoms with Crippen LogP contribution in [0, 0.1) is 6.92 Å². The molecule has 98 valence electrons. The Labute approximate surface area is 107 Å². The van der Waals surface area contributed by atoms with Crippen molar-refractivity contribution >= 4 is 5.97 Å². The smallest absolute Gasteiger partial charge is 0.338 e. The average Bonchev–Trinajstić information content (AvgIpc) is 2.51. The Morgan fingerprint density at radius 3 is 2.44 bits per heavy atom. The molecule has 1 fully saturated rings. The van der Waals surface area contributed by atoms with E-state index in [9.17, 15) is 9.90 Å². The summed E-state index contributed by atoms with van der Waals surface area (Å²) < 4.78 is 11.4. The second-order valence-electron chi connectivity index (χ2n) is 5.27. The van der Waals surface area contributed by atoms with E-state index in [1.165, 1.54) is 0 Å². The summed E-state index contributed by atoms with van der Waals surface area (Å²) in [7, 11) is 0. The minimum atomic E-state index is -1.37. The molecule has 0 aliphatic carbocycles. The fourth-order valence-electron chi connectivity index (χ4n) is 2.38. The molecule has 1 N–H and O–H groups in total. The summed E-state index contributed by atoms with van der Waals surface area (Å²) in [4.78, 5) is 11.5. The van der Waals surface area contributed by atoms with E-state index in [4.69, 9.17) is 9.47 Å². The number of benzene rings is 1. The minimum Gasteiger partial charge on any atom is -0.479 e. The van der Waals surface area contributed by atoms with Crippen LogP contribution in [0.3, 0.4) is 0 Å². The van der Waals surface area contributed by atoms with Crippen molar-refractivity contribution in [2.24, 2.45) is 0 Å². The maximum atomic E-state index is 11.5. The summed E-state index contributed by atoms with van der Waals surface area (Å²) in [5.74, 6) is -1.92. The molecule has 0 spiro atoms. The maximum absolute atomic E-state index is 11.5. The van der Waals surface area contributed by atoms with Crippen LogP contribution in [0.4, 0.5) is 0 Å². The molecule has 1 aromatic rings. The van der Waals surface area contributed by atoms with Gasteiger partial charge in [-0.1, -0.05) is 24.3 Å². The van der Waals surface area contributed by atoms with Crippen LogP contribution in [0.2, 0.25) is 0 Å². The zero-order valence-electron chi connectivity index (χ0n) is 11.1. The SMILES string of the molecule is Cc1ccccc1[C@H]1OC(C)(C)O[C@]1(C)C(=O)O. The van der Waals surface area contributed by atoms with Crippen LogP contribution in [0.1, 0.15) is 38.0 Å². The summed E-state index contributed by atoms with van der Waals surface area (Å²) >= 11 is 0. The molecule has 2 atom stereocenters. The summed E-state index contributed by atoms with van der Waals surface area (Å²) in [5.41, 5.74) is 0.486. The van der Waals surface area contributed by atoms with Gasteiger partial charge in [-0.25, -0.2) is 4.79 Å². The van der Waals surface area contributed by atoms with Gasteiger partial charge < -0.3 is 14.6 Å². The topological polar surface area (TPSA) is 55.8 Å². The van der Waals surface area contributed by atoms with E-state index < -0.39 is 23.5 Å². The van der Waals surface area contributed by atoms with Crippen LogP contribution >= 0.6 is 0 Å². The third kappa shape index (κ3) is 2.02. The van der Waals surface area contributed by atoms with Crippen LogP contribution < -0.4 is 0 Å². The molecule has 0 amide bonds. The first-order chi connectivity index (χ1) is 8.26. The van der Waals surface area contributed by atoms with Crippen LogP contribution in [-0.4, -0.2) is 22.5 Å². The van der Waals surface area contributed by atoms with E-state index in [1.807, 2.05) is 31.2 Å². The van der Waals surface area contributed by atoms with Gasteiger partial charge in [0.05, 0.1) is 0 Å². The first-order valence-corrected chi connectivity index (χ1v) is 5.93. The molecule has 1 aliphatic heterocycles. The average molecular weight is 250 g/mol. The van der Waals surface area contributed by atoms with Gasteiger partial charge in [0.1, 0.15) is 6.10 Å². The fourth-order valence-corrected chi connectivity index (χ4v) is 2.38. The van der Waals surface area contributed by atoms with Gasteiger partial charge in [0.2, 0.25) is 0 Å². The van der Waals surface area contributed by atoms with Crippen molar-refractivity contribution in [3.8, 4) is 0 Å². The molecule has 4 heteroatoms. The van der Waals surface area contributed by atoms with E-state index in [2.05, 4.69) is 0 Å². The molecule has 0 saturated carbocycles. The number of carboxylic acid groups (broad SMARTS) is 1. The van der Waals surface area contributed by atoms with E-state index in [0.29, 0.717) is 0 Å². The summed E-state index contributed by atoms with van der Waals surface area (Å²) in [6.45, 7) is 6.95. The lowest BCUT2D eigenvalue weighted by atomic mass is 9.90. The van der Waals surface area contributed by atoms with Gasteiger partial charge in [0.25, 0.3) is 0 Å². The minimum absolute atomic E-state index is 0.605. The van der Waals surface area contributed by atoms with E-state index in [0.717, 1.165) is 11.1 Å². The quantitative estimate of drug-likeness (QED) is 0.876.